The molecule has 1 fully saturated rings. The van der Waals surface area contributed by atoms with Crippen LogP contribution in [-0.2, 0) is 9.53 Å². The summed E-state index contributed by atoms with van der Waals surface area (Å²) in [4.78, 5) is 23.9. The summed E-state index contributed by atoms with van der Waals surface area (Å²) >= 11 is 0. The van der Waals surface area contributed by atoms with Gasteiger partial charge < -0.3 is 25.2 Å². The van der Waals surface area contributed by atoms with E-state index in [1.807, 2.05) is 0 Å². The number of ether oxygens (including phenoxy) is 1. The Labute approximate surface area is 106 Å². The number of aliphatic hydroxyl groups is 1. The number of carboxylic acid groups (broad SMARTS) is 1. The molecule has 0 saturated heterocycles. The second-order valence-corrected chi connectivity index (χ2v) is 4.59. The second-order valence-electron chi connectivity index (χ2n) is 4.59. The lowest BCUT2D eigenvalue weighted by atomic mass is 10.2. The Bertz CT molecular complexity index is 306. The summed E-state index contributed by atoms with van der Waals surface area (Å²) in [7, 11) is 2.96. The van der Waals surface area contributed by atoms with Crippen LogP contribution in [0.4, 0.5) is 4.79 Å². The standard InChI is InChI=1S/C11H20N2O5/c1-13(5-8(14)6-18-2)11(17)12-9(10(15)16)7-3-4-7/h7-9,14H,3-6H2,1-2H3,(H,12,17)(H,15,16). The van der Waals surface area contributed by atoms with E-state index in [0.717, 1.165) is 12.8 Å². The minimum absolute atomic E-state index is 0.0312. The van der Waals surface area contributed by atoms with Crippen molar-refractivity contribution in [3.63, 3.8) is 0 Å². The van der Waals surface area contributed by atoms with Crippen LogP contribution < -0.4 is 5.32 Å². The maximum atomic E-state index is 11.7. The van der Waals surface area contributed by atoms with E-state index in [0.29, 0.717) is 0 Å². The van der Waals surface area contributed by atoms with Crippen LogP contribution in [0.1, 0.15) is 12.8 Å². The van der Waals surface area contributed by atoms with Crippen molar-refractivity contribution in [3.05, 3.63) is 0 Å². The van der Waals surface area contributed by atoms with Crippen LogP contribution in [0.5, 0.6) is 0 Å². The molecule has 3 N–H and O–H groups in total. The predicted molar refractivity (Wildman–Crippen MR) is 63.2 cm³/mol. The van der Waals surface area contributed by atoms with Gasteiger partial charge in [-0.25, -0.2) is 9.59 Å². The summed E-state index contributed by atoms with van der Waals surface area (Å²) in [5.74, 6) is -0.986. The van der Waals surface area contributed by atoms with E-state index in [9.17, 15) is 14.7 Å². The van der Waals surface area contributed by atoms with Gasteiger partial charge in [0.2, 0.25) is 0 Å². The van der Waals surface area contributed by atoms with Gasteiger partial charge in [-0.3, -0.25) is 0 Å². The Morgan fingerprint density at radius 2 is 2.11 bits per heavy atom. The smallest absolute Gasteiger partial charge is 0.326 e. The van der Waals surface area contributed by atoms with Crippen LogP contribution in [0, 0.1) is 5.92 Å². The molecular formula is C11H20N2O5. The average Bonchev–Trinajstić information content (AvgIpc) is 3.08. The molecule has 104 valence electrons. The zero-order valence-electron chi connectivity index (χ0n) is 10.6. The molecule has 1 saturated carbocycles. The molecule has 0 radical (unpaired) electrons. The summed E-state index contributed by atoms with van der Waals surface area (Å²) in [6, 6.07) is -1.33. The number of aliphatic carboxylic acids is 1. The van der Waals surface area contributed by atoms with Crippen LogP contribution in [0.2, 0.25) is 0 Å². The second kappa shape index (κ2) is 6.55. The number of carboxylic acids is 1. The van der Waals surface area contributed by atoms with E-state index in [1.165, 1.54) is 19.1 Å². The Morgan fingerprint density at radius 3 is 2.56 bits per heavy atom. The fourth-order valence-electron chi connectivity index (χ4n) is 1.70. The zero-order valence-corrected chi connectivity index (χ0v) is 10.6. The number of hydrogen-bond donors (Lipinski definition) is 3. The number of urea groups is 1. The molecule has 0 aromatic heterocycles. The van der Waals surface area contributed by atoms with Crippen LogP contribution in [-0.4, -0.2) is 66.6 Å². The molecule has 7 nitrogen and oxygen atoms in total. The molecule has 2 amide bonds. The van der Waals surface area contributed by atoms with Crippen LogP contribution in [0.15, 0.2) is 0 Å². The zero-order chi connectivity index (χ0) is 13.7. The minimum atomic E-state index is -1.02. The van der Waals surface area contributed by atoms with Gasteiger partial charge in [-0.05, 0) is 18.8 Å². The maximum Gasteiger partial charge on any atom is 0.326 e. The highest BCUT2D eigenvalue weighted by Crippen LogP contribution is 2.32. The molecule has 1 aliphatic carbocycles. The average molecular weight is 260 g/mol. The molecule has 0 heterocycles. The fourth-order valence-corrected chi connectivity index (χ4v) is 1.70. The molecule has 18 heavy (non-hydrogen) atoms. The van der Waals surface area contributed by atoms with Gasteiger partial charge in [0.25, 0.3) is 0 Å². The first-order valence-corrected chi connectivity index (χ1v) is 5.87. The van der Waals surface area contributed by atoms with Gasteiger partial charge in [-0.1, -0.05) is 0 Å². The third-order valence-corrected chi connectivity index (χ3v) is 2.83. The van der Waals surface area contributed by atoms with Crippen LogP contribution in [0.3, 0.4) is 0 Å². The molecule has 0 bridgehead atoms. The SMILES string of the molecule is COCC(O)CN(C)C(=O)NC(C(=O)O)C1CC1. The van der Waals surface area contributed by atoms with Gasteiger partial charge in [0.1, 0.15) is 6.04 Å². The predicted octanol–water partition coefficient (Wildman–Crippen LogP) is -0.502. The maximum absolute atomic E-state index is 11.7. The third kappa shape index (κ3) is 4.50. The van der Waals surface area contributed by atoms with Crippen molar-refractivity contribution in [2.75, 3.05) is 27.3 Å². The van der Waals surface area contributed by atoms with Gasteiger partial charge in [-0.2, -0.15) is 0 Å². The minimum Gasteiger partial charge on any atom is -0.480 e. The Kier molecular flexibility index (Phi) is 5.36. The van der Waals surface area contributed by atoms with E-state index < -0.39 is 24.1 Å². The van der Waals surface area contributed by atoms with Crippen molar-refractivity contribution < 1.29 is 24.5 Å². The largest absolute Gasteiger partial charge is 0.480 e. The molecule has 0 aliphatic heterocycles. The van der Waals surface area contributed by atoms with Crippen LogP contribution in [0.25, 0.3) is 0 Å². The summed E-state index contributed by atoms with van der Waals surface area (Å²) < 4.78 is 4.75. The number of hydrogen-bond acceptors (Lipinski definition) is 4. The van der Waals surface area contributed by atoms with Crippen molar-refractivity contribution >= 4 is 12.0 Å². The molecular weight excluding hydrogens is 240 g/mol. The highest BCUT2D eigenvalue weighted by molar-refractivity contribution is 5.83. The lowest BCUT2D eigenvalue weighted by Crippen LogP contribution is -2.49. The molecule has 2 atom stereocenters. The Hall–Kier alpha value is -1.34. The number of likely N-dealkylation sites (N-methyl/N-ethyl adjacent to an activating group) is 1. The molecule has 0 spiro atoms. The lowest BCUT2D eigenvalue weighted by Gasteiger charge is -2.23. The molecule has 2 unspecified atom stereocenters. The van der Waals surface area contributed by atoms with E-state index in [1.54, 1.807) is 0 Å². The molecule has 1 rings (SSSR count). The van der Waals surface area contributed by atoms with Crippen molar-refractivity contribution in [2.24, 2.45) is 5.92 Å². The summed E-state index contributed by atoms with van der Waals surface area (Å²) in [6.07, 6.45) is 0.871. The summed E-state index contributed by atoms with van der Waals surface area (Å²) in [6.45, 7) is 0.222. The fraction of sp³-hybridized carbons (Fsp3) is 0.818. The number of rotatable bonds is 7. The van der Waals surface area contributed by atoms with Crippen LogP contribution >= 0.6 is 0 Å². The third-order valence-electron chi connectivity index (χ3n) is 2.83. The van der Waals surface area contributed by atoms with Gasteiger partial charge >= 0.3 is 12.0 Å². The number of nitrogens with zero attached hydrogens (tertiary/aromatic N) is 1. The topological polar surface area (TPSA) is 99.1 Å². The monoisotopic (exact) mass is 260 g/mol. The number of carbonyl (C=O) groups excluding carboxylic acids is 1. The summed E-state index contributed by atoms with van der Waals surface area (Å²) in [5.41, 5.74) is 0. The van der Waals surface area contributed by atoms with Crippen molar-refractivity contribution in [2.45, 2.75) is 25.0 Å². The van der Waals surface area contributed by atoms with Crippen molar-refractivity contribution in [1.82, 2.24) is 10.2 Å². The highest BCUT2D eigenvalue weighted by Gasteiger charge is 2.37. The first kappa shape index (κ1) is 14.7. The number of carbonyl (C=O) groups is 2. The Balaban J connectivity index is 2.40. The van der Waals surface area contributed by atoms with E-state index in [-0.39, 0.29) is 19.1 Å². The van der Waals surface area contributed by atoms with Crippen molar-refractivity contribution in [3.8, 4) is 0 Å². The first-order valence-electron chi connectivity index (χ1n) is 5.87. The number of nitrogens with one attached hydrogen (secondary N) is 1. The van der Waals surface area contributed by atoms with Gasteiger partial charge in [0.15, 0.2) is 0 Å². The lowest BCUT2D eigenvalue weighted by molar-refractivity contribution is -0.139. The highest BCUT2D eigenvalue weighted by atomic mass is 16.5. The van der Waals surface area contributed by atoms with Crippen molar-refractivity contribution in [1.29, 1.82) is 0 Å². The van der Waals surface area contributed by atoms with Gasteiger partial charge in [0.05, 0.1) is 19.3 Å². The number of methoxy groups -OCH3 is 1. The molecule has 1 aliphatic rings. The molecule has 7 heteroatoms. The van der Waals surface area contributed by atoms with E-state index in [2.05, 4.69) is 5.32 Å². The van der Waals surface area contributed by atoms with Gasteiger partial charge in [0, 0.05) is 14.2 Å². The normalized spacial score (nSPS) is 17.9. The van der Waals surface area contributed by atoms with E-state index >= 15 is 0 Å². The number of amides is 2. The first-order chi connectivity index (χ1) is 8.45. The van der Waals surface area contributed by atoms with Gasteiger partial charge in [-0.15, -0.1) is 0 Å². The molecule has 0 aromatic rings. The van der Waals surface area contributed by atoms with E-state index in [4.69, 9.17) is 9.84 Å². The number of aliphatic hydroxyl groups excluding tert-OH is 1. The Morgan fingerprint density at radius 1 is 1.50 bits per heavy atom. The summed E-state index contributed by atoms with van der Waals surface area (Å²) in [5, 5.41) is 20.9. The quantitative estimate of drug-likeness (QED) is 0.573. The molecule has 0 aromatic carbocycles.